The first-order valence-electron chi connectivity index (χ1n) is 6.37. The standard InChI is InChI=1S/C15H18N2O3/c1-15(2,3)20-9-14(18)17-12-6-4-11(5-7-12)13-8-16-10-19-13/h4-8,10H,9H2,1-3H3,(H,17,18). The second-order valence-electron chi connectivity index (χ2n) is 5.39. The van der Waals surface area contributed by atoms with Gasteiger partial charge in [0.15, 0.2) is 12.2 Å². The zero-order valence-electron chi connectivity index (χ0n) is 11.8. The summed E-state index contributed by atoms with van der Waals surface area (Å²) in [7, 11) is 0. The van der Waals surface area contributed by atoms with E-state index in [4.69, 9.17) is 9.15 Å². The van der Waals surface area contributed by atoms with Crippen LogP contribution in [0.15, 0.2) is 41.3 Å². The number of rotatable bonds is 4. The smallest absolute Gasteiger partial charge is 0.250 e. The number of carbonyl (C=O) groups is 1. The van der Waals surface area contributed by atoms with Crippen LogP contribution >= 0.6 is 0 Å². The maximum Gasteiger partial charge on any atom is 0.250 e. The van der Waals surface area contributed by atoms with Crippen LogP contribution in [0.5, 0.6) is 0 Å². The van der Waals surface area contributed by atoms with Crippen molar-refractivity contribution in [2.75, 3.05) is 11.9 Å². The molecule has 1 N–H and O–H groups in total. The summed E-state index contributed by atoms with van der Waals surface area (Å²) < 4.78 is 10.6. The van der Waals surface area contributed by atoms with Crippen molar-refractivity contribution in [3.05, 3.63) is 36.9 Å². The SMILES string of the molecule is CC(C)(C)OCC(=O)Nc1ccc(-c2cnco2)cc1. The third kappa shape index (κ3) is 4.20. The largest absolute Gasteiger partial charge is 0.444 e. The molecular formula is C15H18N2O3. The number of hydrogen-bond donors (Lipinski definition) is 1. The molecule has 106 valence electrons. The van der Waals surface area contributed by atoms with E-state index in [2.05, 4.69) is 10.3 Å². The van der Waals surface area contributed by atoms with Crippen LogP contribution in [0.4, 0.5) is 5.69 Å². The first-order chi connectivity index (χ1) is 9.44. The monoisotopic (exact) mass is 274 g/mol. The van der Waals surface area contributed by atoms with Crippen molar-refractivity contribution < 1.29 is 13.9 Å². The highest BCUT2D eigenvalue weighted by atomic mass is 16.5. The normalized spacial score (nSPS) is 11.3. The molecule has 1 amide bonds. The molecule has 0 bridgehead atoms. The summed E-state index contributed by atoms with van der Waals surface area (Å²) >= 11 is 0. The summed E-state index contributed by atoms with van der Waals surface area (Å²) in [5, 5.41) is 2.78. The Labute approximate surface area is 118 Å². The molecule has 1 aromatic heterocycles. The van der Waals surface area contributed by atoms with Crippen LogP contribution in [-0.2, 0) is 9.53 Å². The molecule has 0 atom stereocenters. The van der Waals surface area contributed by atoms with Crippen molar-refractivity contribution in [1.82, 2.24) is 4.98 Å². The van der Waals surface area contributed by atoms with Gasteiger partial charge in [-0.1, -0.05) is 0 Å². The van der Waals surface area contributed by atoms with Crippen LogP contribution < -0.4 is 5.32 Å². The number of benzene rings is 1. The van der Waals surface area contributed by atoms with Gasteiger partial charge < -0.3 is 14.5 Å². The van der Waals surface area contributed by atoms with Crippen molar-refractivity contribution in [2.24, 2.45) is 0 Å². The van der Waals surface area contributed by atoms with E-state index >= 15 is 0 Å². The van der Waals surface area contributed by atoms with Crippen LogP contribution in [0.25, 0.3) is 11.3 Å². The number of oxazole rings is 1. The Morgan fingerprint density at radius 3 is 2.55 bits per heavy atom. The third-order valence-electron chi connectivity index (χ3n) is 2.52. The van der Waals surface area contributed by atoms with Gasteiger partial charge in [-0.15, -0.1) is 0 Å². The van der Waals surface area contributed by atoms with Gasteiger partial charge in [-0.25, -0.2) is 4.98 Å². The Hall–Kier alpha value is -2.14. The molecular weight excluding hydrogens is 256 g/mol. The van der Waals surface area contributed by atoms with E-state index in [0.29, 0.717) is 5.76 Å². The molecule has 0 saturated carbocycles. The number of amides is 1. The Bertz CT molecular complexity index is 554. The minimum Gasteiger partial charge on any atom is -0.444 e. The number of aromatic nitrogens is 1. The summed E-state index contributed by atoms with van der Waals surface area (Å²) in [6, 6.07) is 7.35. The van der Waals surface area contributed by atoms with Crippen molar-refractivity contribution in [3.63, 3.8) is 0 Å². The second kappa shape index (κ2) is 5.88. The van der Waals surface area contributed by atoms with E-state index in [1.54, 1.807) is 6.20 Å². The van der Waals surface area contributed by atoms with E-state index < -0.39 is 0 Å². The average Bonchev–Trinajstić information content (AvgIpc) is 2.90. The quantitative estimate of drug-likeness (QED) is 0.930. The fourth-order valence-electron chi connectivity index (χ4n) is 1.56. The molecule has 0 aliphatic carbocycles. The molecule has 5 nitrogen and oxygen atoms in total. The molecule has 0 aliphatic heterocycles. The summed E-state index contributed by atoms with van der Waals surface area (Å²) in [6.07, 6.45) is 3.03. The number of nitrogens with zero attached hydrogens (tertiary/aromatic N) is 1. The zero-order valence-corrected chi connectivity index (χ0v) is 11.8. The molecule has 0 aliphatic rings. The minimum atomic E-state index is -0.326. The van der Waals surface area contributed by atoms with Gasteiger partial charge in [-0.3, -0.25) is 4.79 Å². The Balaban J connectivity index is 1.92. The van der Waals surface area contributed by atoms with Gasteiger partial charge in [-0.2, -0.15) is 0 Å². The van der Waals surface area contributed by atoms with Crippen molar-refractivity contribution in [3.8, 4) is 11.3 Å². The van der Waals surface area contributed by atoms with Crippen molar-refractivity contribution in [2.45, 2.75) is 26.4 Å². The minimum absolute atomic E-state index is 0.0351. The molecule has 1 heterocycles. The first kappa shape index (κ1) is 14.3. The van der Waals surface area contributed by atoms with Crippen LogP contribution in [0, 0.1) is 0 Å². The van der Waals surface area contributed by atoms with E-state index in [1.807, 2.05) is 45.0 Å². The fourth-order valence-corrected chi connectivity index (χ4v) is 1.56. The molecule has 0 spiro atoms. The summed E-state index contributed by atoms with van der Waals surface area (Å²) in [6.45, 7) is 5.76. The number of nitrogens with one attached hydrogen (secondary N) is 1. The first-order valence-corrected chi connectivity index (χ1v) is 6.37. The van der Waals surface area contributed by atoms with Gasteiger partial charge in [0.25, 0.3) is 0 Å². The highest BCUT2D eigenvalue weighted by Crippen LogP contribution is 2.20. The van der Waals surface area contributed by atoms with E-state index in [0.717, 1.165) is 11.3 Å². The predicted octanol–water partition coefficient (Wildman–Crippen LogP) is 3.10. The summed E-state index contributed by atoms with van der Waals surface area (Å²) in [4.78, 5) is 15.6. The maximum atomic E-state index is 11.7. The van der Waals surface area contributed by atoms with E-state index in [1.165, 1.54) is 6.39 Å². The molecule has 0 saturated heterocycles. The lowest BCUT2D eigenvalue weighted by atomic mass is 10.1. The predicted molar refractivity (Wildman–Crippen MR) is 76.3 cm³/mol. The maximum absolute atomic E-state index is 11.7. The zero-order chi connectivity index (χ0) is 14.6. The average molecular weight is 274 g/mol. The van der Waals surface area contributed by atoms with Crippen LogP contribution in [-0.4, -0.2) is 23.1 Å². The molecule has 2 rings (SSSR count). The molecule has 1 aromatic carbocycles. The van der Waals surface area contributed by atoms with Gasteiger partial charge in [-0.05, 0) is 45.0 Å². The third-order valence-corrected chi connectivity index (χ3v) is 2.52. The van der Waals surface area contributed by atoms with Crippen LogP contribution in [0.3, 0.4) is 0 Å². The van der Waals surface area contributed by atoms with Crippen LogP contribution in [0.1, 0.15) is 20.8 Å². The topological polar surface area (TPSA) is 64.4 Å². The van der Waals surface area contributed by atoms with Crippen molar-refractivity contribution >= 4 is 11.6 Å². The highest BCUT2D eigenvalue weighted by molar-refractivity contribution is 5.91. The molecule has 5 heteroatoms. The lowest BCUT2D eigenvalue weighted by Crippen LogP contribution is -2.27. The highest BCUT2D eigenvalue weighted by Gasteiger charge is 2.13. The molecule has 2 aromatic rings. The summed E-state index contributed by atoms with van der Waals surface area (Å²) in [5.41, 5.74) is 1.30. The second-order valence-corrected chi connectivity index (χ2v) is 5.39. The summed E-state index contributed by atoms with van der Waals surface area (Å²) in [5.74, 6) is 0.520. The van der Waals surface area contributed by atoms with Gasteiger partial charge in [0.1, 0.15) is 6.61 Å². The van der Waals surface area contributed by atoms with Gasteiger partial charge in [0, 0.05) is 11.3 Å². The number of carbonyl (C=O) groups excluding carboxylic acids is 1. The molecule has 0 radical (unpaired) electrons. The lowest BCUT2D eigenvalue weighted by molar-refractivity contribution is -0.125. The van der Waals surface area contributed by atoms with Gasteiger partial charge in [0.2, 0.25) is 5.91 Å². The number of ether oxygens (including phenoxy) is 1. The Kier molecular flexibility index (Phi) is 4.20. The Morgan fingerprint density at radius 2 is 2.00 bits per heavy atom. The Morgan fingerprint density at radius 1 is 1.30 bits per heavy atom. The van der Waals surface area contributed by atoms with E-state index in [-0.39, 0.29) is 18.1 Å². The van der Waals surface area contributed by atoms with Gasteiger partial charge in [0.05, 0.1) is 11.8 Å². The lowest BCUT2D eigenvalue weighted by Gasteiger charge is -2.19. The van der Waals surface area contributed by atoms with E-state index in [9.17, 15) is 4.79 Å². The number of anilines is 1. The molecule has 0 unspecified atom stereocenters. The van der Waals surface area contributed by atoms with Crippen molar-refractivity contribution in [1.29, 1.82) is 0 Å². The van der Waals surface area contributed by atoms with Gasteiger partial charge >= 0.3 is 0 Å². The molecule has 20 heavy (non-hydrogen) atoms. The van der Waals surface area contributed by atoms with Crippen LogP contribution in [0.2, 0.25) is 0 Å². The number of hydrogen-bond acceptors (Lipinski definition) is 4. The fraction of sp³-hybridized carbons (Fsp3) is 0.333. The molecule has 0 fully saturated rings.